The number of halogens is 1. The van der Waals surface area contributed by atoms with Gasteiger partial charge in [-0.2, -0.15) is 0 Å². The molecule has 1 N–H and O–H groups in total. The molecule has 3 heteroatoms. The smallest absolute Gasteiger partial charge is 0.0807 e. The molecule has 0 radical (unpaired) electrons. The largest absolute Gasteiger partial charge is 0.388 e. The van der Waals surface area contributed by atoms with E-state index in [0.717, 1.165) is 16.6 Å². The highest BCUT2D eigenvalue weighted by Gasteiger charge is 2.11. The second-order valence-electron chi connectivity index (χ2n) is 5.57. The number of hydrogen-bond donors (Lipinski definition) is 1. The van der Waals surface area contributed by atoms with Gasteiger partial charge in [0, 0.05) is 23.8 Å². The Balaban J connectivity index is 1.99. The molecule has 2 rings (SSSR count). The molecule has 0 saturated carbocycles. The van der Waals surface area contributed by atoms with Gasteiger partial charge < -0.3 is 10.0 Å². The molecule has 0 bridgehead atoms. The molecule has 0 aromatic heterocycles. The fourth-order valence-electron chi connectivity index (χ4n) is 2.55. The van der Waals surface area contributed by atoms with Crippen LogP contribution in [0.2, 0.25) is 0 Å². The zero-order valence-electron chi connectivity index (χ0n) is 12.8. The predicted octanol–water partition coefficient (Wildman–Crippen LogP) is 4.63. The Morgan fingerprint density at radius 1 is 1.14 bits per heavy atom. The molecule has 0 aliphatic carbocycles. The van der Waals surface area contributed by atoms with Gasteiger partial charge in [0.2, 0.25) is 0 Å². The number of aliphatic hydroxyl groups is 1. The van der Waals surface area contributed by atoms with Gasteiger partial charge in [0.05, 0.1) is 6.10 Å². The molecular weight excluding hydrogens is 326 g/mol. The van der Waals surface area contributed by atoms with Crippen LogP contribution in [-0.2, 0) is 0 Å². The maximum absolute atomic E-state index is 10.3. The lowest BCUT2D eigenvalue weighted by Gasteiger charge is -2.23. The van der Waals surface area contributed by atoms with E-state index in [4.69, 9.17) is 0 Å². The van der Waals surface area contributed by atoms with Crippen LogP contribution in [0.25, 0.3) is 0 Å². The van der Waals surface area contributed by atoms with E-state index in [1.165, 1.54) is 16.8 Å². The fourth-order valence-corrected chi connectivity index (χ4v) is 2.97. The molecule has 0 spiro atoms. The van der Waals surface area contributed by atoms with E-state index in [1.807, 2.05) is 24.3 Å². The van der Waals surface area contributed by atoms with Crippen LogP contribution in [0, 0.1) is 13.8 Å². The topological polar surface area (TPSA) is 23.5 Å². The molecule has 0 aliphatic rings. The molecule has 0 heterocycles. The minimum Gasteiger partial charge on any atom is -0.388 e. The van der Waals surface area contributed by atoms with Crippen molar-refractivity contribution in [2.75, 3.05) is 18.5 Å². The van der Waals surface area contributed by atoms with E-state index in [9.17, 15) is 5.11 Å². The van der Waals surface area contributed by atoms with Crippen LogP contribution in [0.15, 0.2) is 46.9 Å². The monoisotopic (exact) mass is 347 g/mol. The Kier molecular flexibility index (Phi) is 5.43. The standard InChI is InChI=1S/C18H22BrNO/c1-13-7-8-17(14(2)11-13)20(3)10-9-18(21)15-5-4-6-16(19)12-15/h4-8,11-12,18,21H,9-10H2,1-3H3. The average molecular weight is 348 g/mol. The zero-order chi connectivity index (χ0) is 15.4. The zero-order valence-corrected chi connectivity index (χ0v) is 14.4. The highest BCUT2D eigenvalue weighted by molar-refractivity contribution is 9.10. The van der Waals surface area contributed by atoms with Crippen molar-refractivity contribution in [2.45, 2.75) is 26.4 Å². The van der Waals surface area contributed by atoms with Gasteiger partial charge in [-0.25, -0.2) is 0 Å². The highest BCUT2D eigenvalue weighted by atomic mass is 79.9. The summed E-state index contributed by atoms with van der Waals surface area (Å²) in [4.78, 5) is 2.20. The number of hydrogen-bond acceptors (Lipinski definition) is 2. The molecule has 112 valence electrons. The molecule has 21 heavy (non-hydrogen) atoms. The first-order valence-electron chi connectivity index (χ1n) is 7.19. The summed E-state index contributed by atoms with van der Waals surface area (Å²) in [5.74, 6) is 0. The number of benzene rings is 2. The second-order valence-corrected chi connectivity index (χ2v) is 6.49. The van der Waals surface area contributed by atoms with Crippen LogP contribution in [0.4, 0.5) is 5.69 Å². The summed E-state index contributed by atoms with van der Waals surface area (Å²) in [7, 11) is 2.07. The Morgan fingerprint density at radius 2 is 1.90 bits per heavy atom. The average Bonchev–Trinajstić information content (AvgIpc) is 2.44. The highest BCUT2D eigenvalue weighted by Crippen LogP contribution is 2.24. The summed E-state index contributed by atoms with van der Waals surface area (Å²) >= 11 is 3.44. The lowest BCUT2D eigenvalue weighted by molar-refractivity contribution is 0.169. The fraction of sp³-hybridized carbons (Fsp3) is 0.333. The molecule has 0 aliphatic heterocycles. The SMILES string of the molecule is Cc1ccc(N(C)CCC(O)c2cccc(Br)c2)c(C)c1. The maximum Gasteiger partial charge on any atom is 0.0807 e. The molecule has 0 amide bonds. The maximum atomic E-state index is 10.3. The third kappa shape index (κ3) is 4.32. The molecule has 2 aromatic carbocycles. The van der Waals surface area contributed by atoms with Crippen molar-refractivity contribution in [1.29, 1.82) is 0 Å². The van der Waals surface area contributed by atoms with Crippen molar-refractivity contribution in [3.05, 3.63) is 63.6 Å². The molecule has 1 unspecified atom stereocenters. The Morgan fingerprint density at radius 3 is 2.57 bits per heavy atom. The quantitative estimate of drug-likeness (QED) is 0.852. The number of aryl methyl sites for hydroxylation is 2. The van der Waals surface area contributed by atoms with E-state index in [0.29, 0.717) is 6.42 Å². The van der Waals surface area contributed by atoms with Crippen LogP contribution >= 0.6 is 15.9 Å². The first kappa shape index (κ1) is 16.1. The van der Waals surface area contributed by atoms with Crippen molar-refractivity contribution >= 4 is 21.6 Å². The molecule has 0 saturated heterocycles. The van der Waals surface area contributed by atoms with Crippen molar-refractivity contribution in [2.24, 2.45) is 0 Å². The van der Waals surface area contributed by atoms with Gasteiger partial charge in [0.1, 0.15) is 0 Å². The summed E-state index contributed by atoms with van der Waals surface area (Å²) in [6.45, 7) is 5.05. The van der Waals surface area contributed by atoms with Gasteiger partial charge in [-0.15, -0.1) is 0 Å². The second kappa shape index (κ2) is 7.10. The summed E-state index contributed by atoms with van der Waals surface area (Å²) in [6.07, 6.45) is 0.274. The van der Waals surface area contributed by atoms with Crippen molar-refractivity contribution in [3.63, 3.8) is 0 Å². The van der Waals surface area contributed by atoms with Crippen molar-refractivity contribution < 1.29 is 5.11 Å². The van der Waals surface area contributed by atoms with Crippen molar-refractivity contribution in [3.8, 4) is 0 Å². The number of anilines is 1. The lowest BCUT2D eigenvalue weighted by Crippen LogP contribution is -2.21. The van der Waals surface area contributed by atoms with E-state index in [2.05, 4.69) is 59.9 Å². The first-order valence-corrected chi connectivity index (χ1v) is 7.98. The Bertz CT molecular complexity index is 612. The minimum atomic E-state index is -0.435. The van der Waals surface area contributed by atoms with Crippen LogP contribution in [0.1, 0.15) is 29.2 Å². The van der Waals surface area contributed by atoms with Gasteiger partial charge in [0.15, 0.2) is 0 Å². The molecular formula is C18H22BrNO. The lowest BCUT2D eigenvalue weighted by atomic mass is 10.1. The third-order valence-corrected chi connectivity index (χ3v) is 4.23. The van der Waals surface area contributed by atoms with Gasteiger partial charge in [-0.1, -0.05) is 45.8 Å². The van der Waals surface area contributed by atoms with Crippen LogP contribution in [-0.4, -0.2) is 18.7 Å². The number of rotatable bonds is 5. The van der Waals surface area contributed by atoms with Gasteiger partial charge in [-0.05, 0) is 49.6 Å². The van der Waals surface area contributed by atoms with E-state index >= 15 is 0 Å². The Hall–Kier alpha value is -1.32. The Labute approximate surface area is 135 Å². The summed E-state index contributed by atoms with van der Waals surface area (Å²) in [5, 5.41) is 10.3. The van der Waals surface area contributed by atoms with Crippen LogP contribution < -0.4 is 4.90 Å². The predicted molar refractivity (Wildman–Crippen MR) is 92.9 cm³/mol. The van der Waals surface area contributed by atoms with Crippen LogP contribution in [0.3, 0.4) is 0 Å². The van der Waals surface area contributed by atoms with Gasteiger partial charge in [0.25, 0.3) is 0 Å². The van der Waals surface area contributed by atoms with E-state index < -0.39 is 6.10 Å². The molecule has 0 fully saturated rings. The number of nitrogens with zero attached hydrogens (tertiary/aromatic N) is 1. The molecule has 1 atom stereocenters. The normalized spacial score (nSPS) is 12.2. The van der Waals surface area contributed by atoms with Gasteiger partial charge in [-0.3, -0.25) is 0 Å². The molecule has 2 aromatic rings. The van der Waals surface area contributed by atoms with E-state index in [-0.39, 0.29) is 0 Å². The minimum absolute atomic E-state index is 0.435. The summed E-state index contributed by atoms with van der Waals surface area (Å²) < 4.78 is 1.00. The van der Waals surface area contributed by atoms with E-state index in [1.54, 1.807) is 0 Å². The van der Waals surface area contributed by atoms with Crippen molar-refractivity contribution in [1.82, 2.24) is 0 Å². The summed E-state index contributed by atoms with van der Waals surface area (Å²) in [5.41, 5.74) is 4.73. The third-order valence-electron chi connectivity index (χ3n) is 3.73. The number of aliphatic hydroxyl groups excluding tert-OH is 1. The summed E-state index contributed by atoms with van der Waals surface area (Å²) in [6, 6.07) is 14.3. The van der Waals surface area contributed by atoms with Gasteiger partial charge >= 0.3 is 0 Å². The molecule has 2 nitrogen and oxygen atoms in total. The first-order chi connectivity index (χ1) is 9.97. The van der Waals surface area contributed by atoms with Crippen LogP contribution in [0.5, 0.6) is 0 Å².